The first-order valence-corrected chi connectivity index (χ1v) is 108. The van der Waals surface area contributed by atoms with Crippen molar-refractivity contribution in [2.45, 2.75) is 365 Å². The fourth-order valence-corrected chi connectivity index (χ4v) is 53.9. The molecule has 0 aromatic heterocycles. The molecular weight excluding hydrogens is 2860 g/mol. The second kappa shape index (κ2) is 75.1. The largest absolute Gasteiger partial charge is 1.00 e. The molecule has 16 rings (SSSR count). The van der Waals surface area contributed by atoms with E-state index in [2.05, 4.69) is 207 Å². The second-order valence-corrected chi connectivity index (χ2v) is 130. The Kier molecular flexibility index (Phi) is 83.7. The monoisotopic (exact) mass is 3000 g/mol. The summed E-state index contributed by atoms with van der Waals surface area (Å²) in [6.07, 6.45) is 52.0. The van der Waals surface area contributed by atoms with Crippen LogP contribution in [-0.4, -0.2) is 77.6 Å². The van der Waals surface area contributed by atoms with Crippen molar-refractivity contribution in [2.24, 2.45) is 94.7 Å². The van der Waals surface area contributed by atoms with E-state index in [0.29, 0.717) is 24.7 Å². The van der Waals surface area contributed by atoms with Crippen molar-refractivity contribution in [1.29, 1.82) is 0 Å². The first-order chi connectivity index (χ1) is 57.6. The van der Waals surface area contributed by atoms with Gasteiger partial charge in [-0.2, -0.15) is 0 Å². The Balaban J connectivity index is 0. The van der Waals surface area contributed by atoms with Crippen LogP contribution in [0.2, 0.25) is 36.7 Å². The maximum Gasteiger partial charge on any atom is 1.00 e. The average Bonchev–Trinajstić information content (AvgIpc) is 1.61. The van der Waals surface area contributed by atoms with Crippen LogP contribution in [0.1, 0.15) is 320 Å². The predicted molar refractivity (Wildman–Crippen MR) is 588 cm³/mol. The molecule has 32 heteroatoms. The minimum absolute atomic E-state index is 0. The van der Waals surface area contributed by atoms with E-state index in [1.165, 1.54) is 240 Å². The van der Waals surface area contributed by atoms with Gasteiger partial charge in [-0.15, -0.1) is 46.4 Å². The number of rotatable bonds is 8. The van der Waals surface area contributed by atoms with Gasteiger partial charge in [0.1, 0.15) is 0 Å². The standard InChI is InChI=1S/2C10H17Br.2C10H17Cl.C9H14Br2.C9H5Br2.C9H14Cl2.C9H5Cl2.2C2H6.6C2H5.2CH3.12ClH.2Li.2Sn.4Zr/c4*1-7-5-8-3-2-4-10(11)9(8)6-7;4*10-8-4-6-2-1-3-7(6)5-9(8)11;8*1-2;;;;;;;;;;;;;;;;;;;;;;/h4*7-10H,2-6H2,1H3;6-9H,1-5H2;1-5H;6-9H,1-5H2;1-5H;2*1-2H3;6*1H2,2H3;2*1H3;12*1H;;;;;;;;/q;;;;;;;;;;;;;;;;2*-1;;;;;;;;;;;;;2*+1;;;2*+2;2*+4/p-12. The Morgan fingerprint density at radius 1 is 0.333 bits per heavy atom. The zero-order valence-corrected chi connectivity index (χ0v) is 118. The van der Waals surface area contributed by atoms with E-state index in [0.717, 1.165) is 122 Å². The van der Waals surface area contributed by atoms with Crippen molar-refractivity contribution < 1.29 is 110 Å². The number of alkyl halides is 8. The van der Waals surface area contributed by atoms with Crippen LogP contribution in [0.15, 0.2) is 45.4 Å². The summed E-state index contributed by atoms with van der Waals surface area (Å²) in [6.45, 7) is 32.0. The van der Waals surface area contributed by atoms with Crippen molar-refractivity contribution in [1.82, 2.24) is 0 Å². The summed E-state index contributed by atoms with van der Waals surface area (Å²) in [5, 5.41) is 2.89. The van der Waals surface area contributed by atoms with E-state index in [1.54, 1.807) is 5.56 Å². The number of halogens is 24. The summed E-state index contributed by atoms with van der Waals surface area (Å²) in [6, 6.07) is 8.73. The molecule has 26 atom stereocenters. The average molecular weight is 3020 g/mol. The van der Waals surface area contributed by atoms with Crippen LogP contribution in [0.3, 0.4) is 0 Å². The zero-order chi connectivity index (χ0) is 92.2. The maximum atomic E-state index is 6.28. The first-order valence-electron chi connectivity index (χ1n) is 46.5. The van der Waals surface area contributed by atoms with Crippen molar-refractivity contribution in [2.75, 3.05) is 0 Å². The minimum atomic E-state index is -3.29. The molecule has 26 unspecified atom stereocenters. The second-order valence-electron chi connectivity index (χ2n) is 37.0. The van der Waals surface area contributed by atoms with Crippen LogP contribution in [0.4, 0.5) is 0 Å². The zero-order valence-electron chi connectivity index (χ0n) is 79.2. The van der Waals surface area contributed by atoms with Gasteiger partial charge in [0.25, 0.3) is 0 Å². The fourth-order valence-electron chi connectivity index (χ4n) is 23.7. The Bertz CT molecular complexity index is 2910. The molecule has 0 bridgehead atoms. The Morgan fingerprint density at radius 3 is 0.865 bits per heavy atom. The van der Waals surface area contributed by atoms with Gasteiger partial charge in [-0.3, -0.25) is 0 Å². The molecule has 14 aliphatic carbocycles. The number of hydrogen-bond acceptors (Lipinski definition) is 0. The van der Waals surface area contributed by atoms with Crippen molar-refractivity contribution >= 4 is 316 Å². The molecule has 2 aromatic rings. The van der Waals surface area contributed by atoms with Crippen LogP contribution in [0, 0.1) is 110 Å². The third-order valence-corrected chi connectivity index (χ3v) is 74.2. The molecule has 12 fully saturated rings. The van der Waals surface area contributed by atoms with Gasteiger partial charge in [0.15, 0.2) is 0 Å². The first kappa shape index (κ1) is 140. The molecule has 0 aliphatic heterocycles. The van der Waals surface area contributed by atoms with Gasteiger partial charge in [-0.1, -0.05) is 209 Å². The van der Waals surface area contributed by atoms with Crippen LogP contribution in [0.5, 0.6) is 0 Å². The third kappa shape index (κ3) is 49.6. The molecule has 0 spiro atoms. The molecule has 0 saturated heterocycles. The van der Waals surface area contributed by atoms with E-state index in [-0.39, 0.29) is 63.3 Å². The van der Waals surface area contributed by atoms with E-state index in [1.807, 2.05) is 33.8 Å². The SMILES string of the molecule is BrC1CC2CCCC2CC1Br.CC.CC.CC1CC2CCCC(Br)C2C1.CC1CC2CCCC(Br)C2C1.CC1CC2CCCC(Cl)C2C1.CC1CC2CCCC(Cl)C2C1.C[CH2][Sn]([CH2]C)([CH2]C)[CH]1C=Cc2cc(Br)c(Br)cc21.C[CH2][Sn]([CH2]C)([CH2]C)[CH]1C=Cc2cc(Cl)c(Cl)cc21.ClC1CC2CCCC2CC1Cl.[CH3-].[CH3-].[Cl][Zr]([Cl])([Cl])[Cl].[Cl][Zr]([Cl])([Cl])[Cl].[Cl][Zr][Cl].[Cl][Zr][Cl].[Li+].[Li+]. The smallest absolute Gasteiger partial charge is 1.00 e. The van der Waals surface area contributed by atoms with E-state index < -0.39 is 109 Å². The predicted octanol–water partition coefficient (Wildman–Crippen LogP) is 39.0. The Labute approximate surface area is 961 Å². The maximum absolute atomic E-state index is 6.28. The van der Waals surface area contributed by atoms with Crippen molar-refractivity contribution in [3.8, 4) is 0 Å². The van der Waals surface area contributed by atoms with Gasteiger partial charge in [-0.05, 0) is 197 Å². The summed E-state index contributed by atoms with van der Waals surface area (Å²) in [4.78, 5) is 3.18. The van der Waals surface area contributed by atoms with Gasteiger partial charge in [0, 0.05) is 30.1 Å². The molecule has 724 valence electrons. The Hall–Kier alpha value is 12.3. The van der Waals surface area contributed by atoms with E-state index in [4.69, 9.17) is 172 Å². The summed E-state index contributed by atoms with van der Waals surface area (Å²) in [5.41, 5.74) is 5.72. The quantitative estimate of drug-likeness (QED) is 0.140. The van der Waals surface area contributed by atoms with Crippen molar-refractivity contribution in [3.05, 3.63) is 92.5 Å². The topological polar surface area (TPSA) is 0 Å². The molecule has 0 heterocycles. The number of allylic oxidation sites excluding steroid dienone is 2. The fraction of sp³-hybridized carbons (Fsp3) is 0.809. The molecule has 126 heavy (non-hydrogen) atoms. The minimum Gasteiger partial charge on any atom is 1.00 e. The number of benzene rings is 2. The van der Waals surface area contributed by atoms with Crippen LogP contribution >= 0.6 is 267 Å². The van der Waals surface area contributed by atoms with Gasteiger partial charge >= 0.3 is 470 Å². The van der Waals surface area contributed by atoms with Gasteiger partial charge < -0.3 is 14.9 Å². The van der Waals surface area contributed by atoms with Gasteiger partial charge in [0.05, 0.1) is 10.8 Å². The molecule has 14 aliphatic rings. The molecule has 12 saturated carbocycles. The summed E-state index contributed by atoms with van der Waals surface area (Å²) in [7, 11) is 60.0. The van der Waals surface area contributed by atoms with Gasteiger partial charge in [0.2, 0.25) is 0 Å². The number of hydrogen-bond donors (Lipinski definition) is 0. The molecule has 0 nitrogen and oxygen atoms in total. The summed E-state index contributed by atoms with van der Waals surface area (Å²) < 4.78 is 12.4. The van der Waals surface area contributed by atoms with Crippen LogP contribution in [-0.2, 0) is 72.7 Å². The molecular formula is C94H154Br6Cl18Li2Sn2Zr4. The summed E-state index contributed by atoms with van der Waals surface area (Å²) in [5.74, 6) is 15.7. The normalized spacial score (nSPS) is 33.0. The van der Waals surface area contributed by atoms with Gasteiger partial charge in [-0.25, -0.2) is 0 Å². The van der Waals surface area contributed by atoms with E-state index in [9.17, 15) is 0 Å². The van der Waals surface area contributed by atoms with Crippen LogP contribution < -0.4 is 37.7 Å². The molecule has 2 aromatic carbocycles. The van der Waals surface area contributed by atoms with Crippen LogP contribution in [0.25, 0.3) is 12.2 Å². The van der Waals surface area contributed by atoms with Crippen molar-refractivity contribution in [3.63, 3.8) is 0 Å². The molecule has 0 amide bonds. The molecule has 0 N–H and O–H groups in total. The van der Waals surface area contributed by atoms with E-state index >= 15 is 0 Å². The third-order valence-electron chi connectivity index (χ3n) is 30.0. The number of fused-ring (bicyclic) bond motifs is 8. The Morgan fingerprint density at radius 2 is 0.571 bits per heavy atom. The summed E-state index contributed by atoms with van der Waals surface area (Å²) >= 11 is 47.1. The molecule has 0 radical (unpaired) electrons.